The van der Waals surface area contributed by atoms with Crippen LogP contribution in [0, 0.1) is 6.07 Å². The minimum Gasteiger partial charge on any atom is -0.166 e. The molecule has 0 nitrogen and oxygen atoms in total. The van der Waals surface area contributed by atoms with Gasteiger partial charge >= 0.3 is 6.18 Å². The van der Waals surface area contributed by atoms with Gasteiger partial charge in [0.05, 0.1) is 5.56 Å². The first-order valence-corrected chi connectivity index (χ1v) is 6.13. The summed E-state index contributed by atoms with van der Waals surface area (Å²) >= 11 is 0. The lowest BCUT2D eigenvalue weighted by atomic mass is 9.97. The Labute approximate surface area is 114 Å². The van der Waals surface area contributed by atoms with Crippen molar-refractivity contribution in [3.8, 4) is 11.1 Å². The molecule has 0 aromatic heterocycles. The van der Waals surface area contributed by atoms with Crippen molar-refractivity contribution in [2.75, 3.05) is 0 Å². The van der Waals surface area contributed by atoms with Gasteiger partial charge in [0.1, 0.15) is 0 Å². The monoisotopic (exact) mass is 271 g/mol. The summed E-state index contributed by atoms with van der Waals surface area (Å²) in [6.45, 7) is 0. The van der Waals surface area contributed by atoms with Gasteiger partial charge in [-0.15, -0.1) is 0 Å². The van der Waals surface area contributed by atoms with Gasteiger partial charge in [-0.2, -0.15) is 13.2 Å². The van der Waals surface area contributed by atoms with Gasteiger partial charge in [0.2, 0.25) is 0 Å². The lowest BCUT2D eigenvalue weighted by Gasteiger charge is -2.10. The van der Waals surface area contributed by atoms with Crippen LogP contribution >= 0.6 is 0 Å². The van der Waals surface area contributed by atoms with Crippen LogP contribution in [0.2, 0.25) is 0 Å². The molecule has 0 atom stereocenters. The molecular formula is C17H10F3. The van der Waals surface area contributed by atoms with E-state index in [4.69, 9.17) is 0 Å². The molecule has 0 heterocycles. The zero-order valence-electron chi connectivity index (χ0n) is 10.4. The number of rotatable bonds is 1. The molecule has 0 aliphatic rings. The van der Waals surface area contributed by atoms with Crippen LogP contribution in [0.3, 0.4) is 0 Å². The molecule has 0 spiro atoms. The van der Waals surface area contributed by atoms with Crippen molar-refractivity contribution in [2.45, 2.75) is 6.18 Å². The Morgan fingerprint density at radius 3 is 2.40 bits per heavy atom. The Kier molecular flexibility index (Phi) is 2.97. The quantitative estimate of drug-likeness (QED) is 0.561. The van der Waals surface area contributed by atoms with Crippen LogP contribution in [0.5, 0.6) is 0 Å². The van der Waals surface area contributed by atoms with Crippen molar-refractivity contribution < 1.29 is 13.2 Å². The lowest BCUT2D eigenvalue weighted by Crippen LogP contribution is -2.04. The molecule has 0 N–H and O–H groups in total. The summed E-state index contributed by atoms with van der Waals surface area (Å²) in [5.41, 5.74) is 0.596. The molecule has 20 heavy (non-hydrogen) atoms. The molecule has 3 aromatic rings. The normalized spacial score (nSPS) is 11.8. The summed E-state index contributed by atoms with van der Waals surface area (Å²) in [5, 5.41) is 1.95. The Morgan fingerprint density at radius 2 is 1.60 bits per heavy atom. The van der Waals surface area contributed by atoms with Crippen molar-refractivity contribution >= 4 is 10.8 Å². The van der Waals surface area contributed by atoms with E-state index in [-0.39, 0.29) is 0 Å². The van der Waals surface area contributed by atoms with Crippen LogP contribution in [0.4, 0.5) is 13.2 Å². The molecule has 0 unspecified atom stereocenters. The minimum atomic E-state index is -4.37. The molecule has 1 radical (unpaired) electrons. The van der Waals surface area contributed by atoms with Gasteiger partial charge in [-0.25, -0.2) is 0 Å². The van der Waals surface area contributed by atoms with E-state index in [0.717, 1.165) is 22.4 Å². The van der Waals surface area contributed by atoms with E-state index in [2.05, 4.69) is 6.07 Å². The molecule has 3 aromatic carbocycles. The van der Waals surface area contributed by atoms with Gasteiger partial charge in [-0.1, -0.05) is 54.6 Å². The van der Waals surface area contributed by atoms with Crippen LogP contribution < -0.4 is 0 Å². The van der Waals surface area contributed by atoms with Gasteiger partial charge in [0.15, 0.2) is 0 Å². The van der Waals surface area contributed by atoms with E-state index in [9.17, 15) is 13.2 Å². The van der Waals surface area contributed by atoms with E-state index in [1.807, 2.05) is 42.5 Å². The van der Waals surface area contributed by atoms with Crippen molar-refractivity contribution in [3.05, 3.63) is 72.3 Å². The summed E-state index contributed by atoms with van der Waals surface area (Å²) in [5.74, 6) is 0. The fraction of sp³-hybridized carbons (Fsp3) is 0.0588. The molecule has 3 heteroatoms. The third kappa shape index (κ3) is 2.27. The predicted molar refractivity (Wildman–Crippen MR) is 73.2 cm³/mol. The zero-order valence-corrected chi connectivity index (χ0v) is 10.4. The maximum absolute atomic E-state index is 12.8. The molecular weight excluding hydrogens is 261 g/mol. The fourth-order valence-electron chi connectivity index (χ4n) is 2.27. The Hall–Kier alpha value is -2.29. The number of fused-ring (bicyclic) bond motifs is 1. The molecule has 0 aliphatic carbocycles. The summed E-state index contributed by atoms with van der Waals surface area (Å²) in [6.07, 6.45) is -4.37. The molecule has 0 fully saturated rings. The topological polar surface area (TPSA) is 0 Å². The van der Waals surface area contributed by atoms with Gasteiger partial charge in [0.25, 0.3) is 0 Å². The highest BCUT2D eigenvalue weighted by Crippen LogP contribution is 2.34. The molecule has 0 amide bonds. The average molecular weight is 271 g/mol. The zero-order chi connectivity index (χ0) is 14.2. The summed E-state index contributed by atoms with van der Waals surface area (Å²) in [4.78, 5) is 0. The van der Waals surface area contributed by atoms with E-state index in [0.29, 0.717) is 5.56 Å². The highest BCUT2D eigenvalue weighted by atomic mass is 19.4. The Morgan fingerprint density at radius 1 is 0.850 bits per heavy atom. The van der Waals surface area contributed by atoms with Crippen LogP contribution in [0.1, 0.15) is 5.56 Å². The predicted octanol–water partition coefficient (Wildman–Crippen LogP) is 5.33. The minimum absolute atomic E-state index is 0.549. The van der Waals surface area contributed by atoms with Gasteiger partial charge in [-0.05, 0) is 34.0 Å². The second-order valence-electron chi connectivity index (χ2n) is 4.52. The molecule has 0 aliphatic heterocycles. The van der Waals surface area contributed by atoms with Crippen molar-refractivity contribution in [2.24, 2.45) is 0 Å². The highest BCUT2D eigenvalue weighted by molar-refractivity contribution is 5.96. The Bertz CT molecular complexity index is 752. The lowest BCUT2D eigenvalue weighted by molar-refractivity contribution is -0.137. The number of hydrogen-bond donors (Lipinski definition) is 0. The second kappa shape index (κ2) is 4.67. The van der Waals surface area contributed by atoms with Crippen LogP contribution in [-0.4, -0.2) is 0 Å². The standard InChI is InChI=1S/C17H10F3/c18-17(19,20)14-8-3-7-13(11-14)16-10-4-6-12-5-1-2-9-15(12)16/h1-7,9-11H. The number of alkyl halides is 3. The first kappa shape index (κ1) is 12.7. The third-order valence-electron chi connectivity index (χ3n) is 3.21. The van der Waals surface area contributed by atoms with E-state index >= 15 is 0 Å². The molecule has 0 saturated carbocycles. The average Bonchev–Trinajstić information content (AvgIpc) is 2.46. The van der Waals surface area contributed by atoms with Gasteiger partial charge < -0.3 is 0 Å². The van der Waals surface area contributed by atoms with E-state index < -0.39 is 11.7 Å². The van der Waals surface area contributed by atoms with Crippen molar-refractivity contribution in [3.63, 3.8) is 0 Å². The van der Waals surface area contributed by atoms with Gasteiger partial charge in [0, 0.05) is 0 Å². The number of hydrogen-bond acceptors (Lipinski definition) is 0. The molecule has 3 rings (SSSR count). The van der Waals surface area contributed by atoms with E-state index in [1.54, 1.807) is 6.07 Å². The first-order valence-electron chi connectivity index (χ1n) is 6.13. The largest absolute Gasteiger partial charge is 0.417 e. The third-order valence-corrected chi connectivity index (χ3v) is 3.21. The summed E-state index contributed by atoms with van der Waals surface area (Å²) < 4.78 is 38.3. The maximum Gasteiger partial charge on any atom is 0.417 e. The SMILES string of the molecule is FC(F)(F)c1[c]ccc(-c2cccc3ccccc23)c1. The van der Waals surface area contributed by atoms with E-state index in [1.165, 1.54) is 6.07 Å². The van der Waals surface area contributed by atoms with Crippen molar-refractivity contribution in [1.82, 2.24) is 0 Å². The van der Waals surface area contributed by atoms with Gasteiger partial charge in [-0.3, -0.25) is 0 Å². The maximum atomic E-state index is 12.8. The molecule has 99 valence electrons. The van der Waals surface area contributed by atoms with Crippen LogP contribution in [-0.2, 0) is 6.18 Å². The van der Waals surface area contributed by atoms with Crippen LogP contribution in [0.25, 0.3) is 21.9 Å². The summed E-state index contributed by atoms with van der Waals surface area (Å²) in [7, 11) is 0. The number of halogens is 3. The number of benzene rings is 3. The van der Waals surface area contributed by atoms with Crippen molar-refractivity contribution in [1.29, 1.82) is 0 Å². The second-order valence-corrected chi connectivity index (χ2v) is 4.52. The molecule has 0 saturated heterocycles. The smallest absolute Gasteiger partial charge is 0.166 e. The van der Waals surface area contributed by atoms with Crippen LogP contribution in [0.15, 0.2) is 60.7 Å². The Balaban J connectivity index is 2.21. The summed E-state index contributed by atoms with van der Waals surface area (Å²) in [6, 6.07) is 19.6. The molecule has 0 bridgehead atoms. The fourth-order valence-corrected chi connectivity index (χ4v) is 2.27. The first-order chi connectivity index (χ1) is 9.55. The highest BCUT2D eigenvalue weighted by Gasteiger charge is 2.30.